The number of carbonyl (C=O) groups excluding carboxylic acids is 3. The SMILES string of the molecule is O=C1CCC(N2Cc3cccc(CNc4cncc(N5CCNCC5)c4)c3C2=O)C(=O)N1. The molecule has 3 aliphatic rings. The molecule has 4 heterocycles. The highest BCUT2D eigenvalue weighted by Gasteiger charge is 2.39. The number of benzene rings is 1. The number of carbonyl (C=O) groups is 3. The van der Waals surface area contributed by atoms with Gasteiger partial charge in [-0.15, -0.1) is 0 Å². The number of pyridine rings is 1. The van der Waals surface area contributed by atoms with Gasteiger partial charge in [-0.1, -0.05) is 18.2 Å². The number of hydrogen-bond donors (Lipinski definition) is 3. The van der Waals surface area contributed by atoms with E-state index in [1.165, 1.54) is 0 Å². The van der Waals surface area contributed by atoms with E-state index in [1.807, 2.05) is 24.4 Å². The van der Waals surface area contributed by atoms with Crippen LogP contribution in [0.2, 0.25) is 0 Å². The van der Waals surface area contributed by atoms with Crippen LogP contribution in [0, 0.1) is 0 Å². The zero-order valence-electron chi connectivity index (χ0n) is 17.8. The molecular weight excluding hydrogens is 408 g/mol. The van der Waals surface area contributed by atoms with Gasteiger partial charge in [-0.25, -0.2) is 0 Å². The molecule has 0 aliphatic carbocycles. The van der Waals surface area contributed by atoms with Gasteiger partial charge in [0.2, 0.25) is 11.8 Å². The Hall–Kier alpha value is -3.46. The van der Waals surface area contributed by atoms with Crippen LogP contribution in [0.4, 0.5) is 11.4 Å². The largest absolute Gasteiger partial charge is 0.380 e. The summed E-state index contributed by atoms with van der Waals surface area (Å²) < 4.78 is 0. The lowest BCUT2D eigenvalue weighted by molar-refractivity contribution is -0.136. The highest BCUT2D eigenvalue weighted by atomic mass is 16.2. The first-order valence-corrected chi connectivity index (χ1v) is 11.0. The second-order valence-electron chi connectivity index (χ2n) is 8.37. The van der Waals surface area contributed by atoms with E-state index < -0.39 is 11.9 Å². The molecule has 0 bridgehead atoms. The molecule has 1 aromatic carbocycles. The standard InChI is InChI=1S/C23H26N6O3/c30-20-5-4-19(22(31)27-20)29-14-16-3-1-2-15(21(16)23(29)32)11-26-17-10-18(13-25-12-17)28-8-6-24-7-9-28/h1-3,10,12-13,19,24,26H,4-9,11,14H2,(H,27,30,31). The number of imide groups is 1. The number of amides is 3. The molecule has 3 N–H and O–H groups in total. The third-order valence-electron chi connectivity index (χ3n) is 6.33. The lowest BCUT2D eigenvalue weighted by atomic mass is 10.0. The fourth-order valence-electron chi connectivity index (χ4n) is 4.65. The number of piperidine rings is 1. The van der Waals surface area contributed by atoms with Crippen molar-refractivity contribution in [2.24, 2.45) is 0 Å². The van der Waals surface area contributed by atoms with Crippen molar-refractivity contribution in [2.45, 2.75) is 32.0 Å². The van der Waals surface area contributed by atoms with Crippen molar-refractivity contribution in [2.75, 3.05) is 36.4 Å². The van der Waals surface area contributed by atoms with Gasteiger partial charge in [-0.3, -0.25) is 24.7 Å². The molecule has 2 aromatic rings. The fraction of sp³-hybridized carbons (Fsp3) is 0.391. The molecule has 9 nitrogen and oxygen atoms in total. The van der Waals surface area contributed by atoms with Crippen molar-refractivity contribution in [3.05, 3.63) is 53.3 Å². The summed E-state index contributed by atoms with van der Waals surface area (Å²) in [4.78, 5) is 45.3. The van der Waals surface area contributed by atoms with Gasteiger partial charge in [0.1, 0.15) is 6.04 Å². The van der Waals surface area contributed by atoms with Crippen LogP contribution >= 0.6 is 0 Å². The van der Waals surface area contributed by atoms with Crippen molar-refractivity contribution >= 4 is 29.1 Å². The second-order valence-corrected chi connectivity index (χ2v) is 8.37. The van der Waals surface area contributed by atoms with Gasteiger partial charge in [0, 0.05) is 51.3 Å². The summed E-state index contributed by atoms with van der Waals surface area (Å²) in [5.74, 6) is -0.825. The average molecular weight is 435 g/mol. The van der Waals surface area contributed by atoms with Crippen LogP contribution in [0.5, 0.6) is 0 Å². The lowest BCUT2D eigenvalue weighted by Crippen LogP contribution is -2.52. The maximum absolute atomic E-state index is 13.2. The predicted octanol–water partition coefficient (Wildman–Crippen LogP) is 0.864. The van der Waals surface area contributed by atoms with Gasteiger partial charge < -0.3 is 20.4 Å². The molecular formula is C23H26N6O3. The Morgan fingerprint density at radius 3 is 2.78 bits per heavy atom. The van der Waals surface area contributed by atoms with Crippen LogP contribution < -0.4 is 20.9 Å². The fourth-order valence-corrected chi connectivity index (χ4v) is 4.65. The number of fused-ring (bicyclic) bond motifs is 1. The Balaban J connectivity index is 1.31. The Labute approximate surface area is 186 Å². The van der Waals surface area contributed by atoms with E-state index >= 15 is 0 Å². The maximum Gasteiger partial charge on any atom is 0.255 e. The number of aromatic nitrogens is 1. The summed E-state index contributed by atoms with van der Waals surface area (Å²) in [5, 5.41) is 9.10. The van der Waals surface area contributed by atoms with E-state index in [4.69, 9.17) is 0 Å². The highest BCUT2D eigenvalue weighted by Crippen LogP contribution is 2.30. The topological polar surface area (TPSA) is 107 Å². The molecule has 1 atom stereocenters. The quantitative estimate of drug-likeness (QED) is 0.600. The first-order chi connectivity index (χ1) is 15.6. The Morgan fingerprint density at radius 2 is 1.97 bits per heavy atom. The van der Waals surface area contributed by atoms with Crippen molar-refractivity contribution < 1.29 is 14.4 Å². The summed E-state index contributed by atoms with van der Waals surface area (Å²) in [6, 6.07) is 7.28. The number of anilines is 2. The van der Waals surface area contributed by atoms with E-state index in [0.717, 1.165) is 48.7 Å². The number of nitrogens with zero attached hydrogens (tertiary/aromatic N) is 3. The third kappa shape index (κ3) is 3.91. The normalized spacial score (nSPS) is 20.9. The van der Waals surface area contributed by atoms with Gasteiger partial charge in [0.05, 0.1) is 23.8 Å². The summed E-state index contributed by atoms with van der Waals surface area (Å²) in [5.41, 5.74) is 4.42. The van der Waals surface area contributed by atoms with E-state index in [-0.39, 0.29) is 18.2 Å². The number of hydrogen-bond acceptors (Lipinski definition) is 7. The Morgan fingerprint density at radius 1 is 1.12 bits per heavy atom. The molecule has 2 saturated heterocycles. The number of nitrogens with one attached hydrogen (secondary N) is 3. The molecule has 32 heavy (non-hydrogen) atoms. The molecule has 1 aromatic heterocycles. The minimum atomic E-state index is -0.603. The minimum absolute atomic E-state index is 0.153. The molecule has 5 rings (SSSR count). The van der Waals surface area contributed by atoms with Crippen LogP contribution in [0.1, 0.15) is 34.3 Å². The third-order valence-corrected chi connectivity index (χ3v) is 6.33. The zero-order chi connectivity index (χ0) is 22.1. The molecule has 1 unspecified atom stereocenters. The Kier molecular flexibility index (Phi) is 5.48. The highest BCUT2D eigenvalue weighted by molar-refractivity contribution is 6.06. The van der Waals surface area contributed by atoms with Crippen LogP contribution in [0.25, 0.3) is 0 Å². The lowest BCUT2D eigenvalue weighted by Gasteiger charge is -2.29. The molecule has 2 fully saturated rings. The van der Waals surface area contributed by atoms with Crippen molar-refractivity contribution in [3.63, 3.8) is 0 Å². The van der Waals surface area contributed by atoms with E-state index in [9.17, 15) is 14.4 Å². The van der Waals surface area contributed by atoms with Gasteiger partial charge in [-0.05, 0) is 23.6 Å². The molecule has 0 spiro atoms. The monoisotopic (exact) mass is 434 g/mol. The molecule has 166 valence electrons. The van der Waals surface area contributed by atoms with Crippen LogP contribution in [-0.2, 0) is 22.7 Å². The number of rotatable bonds is 5. The van der Waals surface area contributed by atoms with Crippen LogP contribution in [0.15, 0.2) is 36.7 Å². The zero-order valence-corrected chi connectivity index (χ0v) is 17.8. The van der Waals surface area contributed by atoms with Crippen molar-refractivity contribution in [3.8, 4) is 0 Å². The molecule has 3 aliphatic heterocycles. The minimum Gasteiger partial charge on any atom is -0.380 e. The van der Waals surface area contributed by atoms with Crippen molar-refractivity contribution in [1.82, 2.24) is 20.5 Å². The average Bonchev–Trinajstić information content (AvgIpc) is 3.15. The summed E-state index contributed by atoms with van der Waals surface area (Å²) in [6.45, 7) is 4.67. The summed E-state index contributed by atoms with van der Waals surface area (Å²) in [6.07, 6.45) is 4.27. The van der Waals surface area contributed by atoms with Crippen LogP contribution in [-0.4, -0.2) is 59.8 Å². The molecule has 0 radical (unpaired) electrons. The Bertz CT molecular complexity index is 1070. The van der Waals surface area contributed by atoms with E-state index in [1.54, 1.807) is 11.1 Å². The van der Waals surface area contributed by atoms with Gasteiger partial charge in [-0.2, -0.15) is 0 Å². The first kappa shape index (κ1) is 20.4. The molecule has 0 saturated carbocycles. The molecule has 3 amide bonds. The number of piperazine rings is 1. The van der Waals surface area contributed by atoms with E-state index in [2.05, 4.69) is 31.9 Å². The van der Waals surface area contributed by atoms with Gasteiger partial charge >= 0.3 is 0 Å². The first-order valence-electron chi connectivity index (χ1n) is 11.0. The van der Waals surface area contributed by atoms with Crippen LogP contribution in [0.3, 0.4) is 0 Å². The summed E-state index contributed by atoms with van der Waals surface area (Å²) in [7, 11) is 0. The summed E-state index contributed by atoms with van der Waals surface area (Å²) >= 11 is 0. The smallest absolute Gasteiger partial charge is 0.255 e. The second kappa shape index (κ2) is 8.58. The predicted molar refractivity (Wildman–Crippen MR) is 119 cm³/mol. The molecule has 9 heteroatoms. The van der Waals surface area contributed by atoms with Crippen molar-refractivity contribution in [1.29, 1.82) is 0 Å². The van der Waals surface area contributed by atoms with Gasteiger partial charge in [0.15, 0.2) is 0 Å². The van der Waals surface area contributed by atoms with Gasteiger partial charge in [0.25, 0.3) is 5.91 Å². The van der Waals surface area contributed by atoms with E-state index in [0.29, 0.717) is 25.1 Å². The maximum atomic E-state index is 13.2.